The van der Waals surface area contributed by atoms with E-state index < -0.39 is 17.6 Å². The highest BCUT2D eigenvalue weighted by Crippen LogP contribution is 2.36. The average molecular weight is 494 g/mol. The van der Waals surface area contributed by atoms with Gasteiger partial charge in [-0.2, -0.15) is 29.0 Å². The van der Waals surface area contributed by atoms with Gasteiger partial charge < -0.3 is 4.90 Å². The zero-order chi connectivity index (χ0) is 26.0. The summed E-state index contributed by atoms with van der Waals surface area (Å²) in [4.78, 5) is 6.50. The molecule has 1 aromatic heterocycles. The summed E-state index contributed by atoms with van der Waals surface area (Å²) in [5.74, 6) is -0.873. The van der Waals surface area contributed by atoms with Crippen molar-refractivity contribution in [3.63, 3.8) is 0 Å². The van der Waals surface area contributed by atoms with Gasteiger partial charge in [-0.25, -0.2) is 4.39 Å². The van der Waals surface area contributed by atoms with E-state index in [4.69, 9.17) is 0 Å². The molecule has 0 aliphatic heterocycles. The summed E-state index contributed by atoms with van der Waals surface area (Å²) >= 11 is 0. The van der Waals surface area contributed by atoms with Crippen LogP contribution in [0.25, 0.3) is 0 Å². The lowest BCUT2D eigenvalue weighted by atomic mass is 9.96. The Bertz CT molecular complexity index is 1060. The minimum absolute atomic E-state index is 0.0508. The molecule has 2 N–H and O–H groups in total. The molecule has 1 unspecified atom stereocenters. The van der Waals surface area contributed by atoms with Crippen molar-refractivity contribution in [2.75, 3.05) is 10.1 Å². The zero-order valence-electron chi connectivity index (χ0n) is 20.3. The predicted molar refractivity (Wildman–Crippen MR) is 125 cm³/mol. The third kappa shape index (κ3) is 6.03. The first-order valence-corrected chi connectivity index (χ1v) is 11.6. The Kier molecular flexibility index (Phi) is 7.92. The molecule has 6 nitrogen and oxygen atoms in total. The zero-order valence-corrected chi connectivity index (χ0v) is 20.3. The van der Waals surface area contributed by atoms with Crippen LogP contribution in [-0.4, -0.2) is 27.9 Å². The molecule has 1 fully saturated rings. The second-order valence-corrected chi connectivity index (χ2v) is 9.63. The maximum Gasteiger partial charge on any atom is 0.407 e. The van der Waals surface area contributed by atoms with Gasteiger partial charge in [0.1, 0.15) is 17.0 Å². The number of aromatic nitrogens is 1. The van der Waals surface area contributed by atoms with Crippen LogP contribution in [0.3, 0.4) is 0 Å². The number of aryl methyl sites for hydroxylation is 1. The van der Waals surface area contributed by atoms with Gasteiger partial charge in [-0.3, -0.25) is 10.2 Å². The molecule has 1 aliphatic carbocycles. The van der Waals surface area contributed by atoms with Gasteiger partial charge >= 0.3 is 6.18 Å². The number of rotatable bonds is 8. The van der Waals surface area contributed by atoms with Crippen LogP contribution in [0.4, 0.5) is 28.9 Å². The molecule has 1 aliphatic rings. The van der Waals surface area contributed by atoms with Crippen LogP contribution >= 0.6 is 0 Å². The maximum absolute atomic E-state index is 14.4. The van der Waals surface area contributed by atoms with Crippen LogP contribution < -0.4 is 15.5 Å². The molecule has 0 bridgehead atoms. The topological polar surface area (TPSA) is 75.4 Å². The van der Waals surface area contributed by atoms with Crippen LogP contribution in [0, 0.1) is 24.1 Å². The van der Waals surface area contributed by atoms with Gasteiger partial charge in [0.2, 0.25) is 0 Å². The Morgan fingerprint density at radius 2 is 1.89 bits per heavy atom. The van der Waals surface area contributed by atoms with Crippen LogP contribution in [0.1, 0.15) is 69.2 Å². The first kappa shape index (κ1) is 26.7. The number of hydrogen-bond donors (Lipinski definition) is 2. The molecule has 1 aromatic carbocycles. The summed E-state index contributed by atoms with van der Waals surface area (Å²) in [5.41, 5.74) is 2.23. The van der Waals surface area contributed by atoms with E-state index in [2.05, 4.69) is 16.0 Å². The number of nitrogens with one attached hydrogen (secondary N) is 1. The minimum Gasteiger partial charge on any atom is -0.362 e. The molecular formula is C25H31F4N5O. The molecule has 190 valence electrons. The summed E-state index contributed by atoms with van der Waals surface area (Å²) in [6.45, 7) is 5.63. The molecular weight excluding hydrogens is 462 g/mol. The number of anilines is 2. The fourth-order valence-electron chi connectivity index (χ4n) is 4.18. The highest BCUT2D eigenvalue weighted by atomic mass is 19.4. The van der Waals surface area contributed by atoms with E-state index in [0.29, 0.717) is 28.5 Å². The molecule has 0 amide bonds. The Labute approximate surface area is 203 Å². The van der Waals surface area contributed by atoms with Gasteiger partial charge in [0.05, 0.1) is 30.4 Å². The van der Waals surface area contributed by atoms with Gasteiger partial charge in [-0.05, 0) is 75.9 Å². The number of nitriles is 1. The smallest absolute Gasteiger partial charge is 0.362 e. The lowest BCUT2D eigenvalue weighted by molar-refractivity contribution is -0.191. The largest absolute Gasteiger partial charge is 0.407 e. The van der Waals surface area contributed by atoms with Crippen LogP contribution in [0.15, 0.2) is 30.5 Å². The summed E-state index contributed by atoms with van der Waals surface area (Å²) in [6, 6.07) is 8.69. The number of hydrogen-bond acceptors (Lipinski definition) is 6. The molecule has 0 radical (unpaired) electrons. The third-order valence-electron chi connectivity index (χ3n) is 6.52. The predicted octanol–water partition coefficient (Wildman–Crippen LogP) is 6.15. The van der Waals surface area contributed by atoms with Crippen molar-refractivity contribution < 1.29 is 22.8 Å². The normalized spacial score (nSPS) is 15.7. The van der Waals surface area contributed by atoms with E-state index in [1.54, 1.807) is 26.0 Å². The molecule has 35 heavy (non-hydrogen) atoms. The maximum atomic E-state index is 14.4. The Morgan fingerprint density at radius 3 is 2.43 bits per heavy atom. The first-order valence-electron chi connectivity index (χ1n) is 11.6. The lowest BCUT2D eigenvalue weighted by Gasteiger charge is -2.34. The van der Waals surface area contributed by atoms with Gasteiger partial charge in [-0.15, -0.1) is 0 Å². The number of nitrogens with zero attached hydrogens (tertiary/aromatic N) is 4. The molecule has 0 spiro atoms. The Hall–Kier alpha value is -2.90. The van der Waals surface area contributed by atoms with Gasteiger partial charge in [-0.1, -0.05) is 12.8 Å². The summed E-state index contributed by atoms with van der Waals surface area (Å²) in [6.07, 6.45) is 0.754. The molecule has 2 aromatic rings. The fraction of sp³-hybridized carbons (Fsp3) is 0.520. The number of pyridine rings is 1. The second-order valence-electron chi connectivity index (χ2n) is 9.63. The van der Waals surface area contributed by atoms with Crippen LogP contribution in [0.2, 0.25) is 0 Å². The highest BCUT2D eigenvalue weighted by molar-refractivity contribution is 5.59. The third-order valence-corrected chi connectivity index (χ3v) is 6.52. The van der Waals surface area contributed by atoms with E-state index >= 15 is 0 Å². The average Bonchev–Trinajstić information content (AvgIpc) is 3.32. The highest BCUT2D eigenvalue weighted by Gasteiger charge is 2.48. The van der Waals surface area contributed by atoms with Gasteiger partial charge in [0.25, 0.3) is 0 Å². The number of hydrazine groups is 1. The monoisotopic (exact) mass is 493 g/mol. The van der Waals surface area contributed by atoms with Crippen molar-refractivity contribution >= 4 is 11.4 Å². The quantitative estimate of drug-likeness (QED) is 0.340. The Morgan fingerprint density at radius 1 is 1.23 bits per heavy atom. The second kappa shape index (κ2) is 10.4. The number of alkyl halides is 3. The SMILES string of the molecule is Cc1cc(N(Cc2ccc(N(O)NC(C)(C)C(F)(F)F)cn2)C2CCCC2)c(C(C)C#N)cc1F. The molecule has 1 heterocycles. The molecule has 1 saturated carbocycles. The molecule has 3 rings (SSSR count). The molecule has 1 atom stereocenters. The van der Waals surface area contributed by atoms with E-state index in [0.717, 1.165) is 45.2 Å². The number of halogens is 4. The summed E-state index contributed by atoms with van der Waals surface area (Å²) in [5, 5.41) is 20.0. The van der Waals surface area contributed by atoms with E-state index in [1.807, 2.05) is 5.43 Å². The standard InChI is InChI=1S/C25H31F4N5O/c1-16-11-23(21(12-22(16)26)17(2)13-30)33(19-7-5-6-8-19)15-18-9-10-20(14-31-18)34(35)32-24(3,4)25(27,28)29/h9-12,14,17,19,32,35H,5-8,15H2,1-4H3. The lowest BCUT2D eigenvalue weighted by Crippen LogP contribution is -2.58. The van der Waals surface area contributed by atoms with Crippen LogP contribution in [0.5, 0.6) is 0 Å². The van der Waals surface area contributed by atoms with E-state index in [-0.39, 0.29) is 17.5 Å². The molecule has 0 saturated heterocycles. The van der Waals surface area contributed by atoms with E-state index in [1.165, 1.54) is 18.3 Å². The van der Waals surface area contributed by atoms with E-state index in [9.17, 15) is 28.0 Å². The van der Waals surface area contributed by atoms with Gasteiger partial charge in [0, 0.05) is 11.7 Å². The first-order chi connectivity index (χ1) is 16.3. The summed E-state index contributed by atoms with van der Waals surface area (Å²) < 4.78 is 53.8. The molecule has 10 heteroatoms. The van der Waals surface area contributed by atoms with Crippen molar-refractivity contribution in [1.82, 2.24) is 10.4 Å². The van der Waals surface area contributed by atoms with Crippen molar-refractivity contribution in [3.05, 3.63) is 53.1 Å². The van der Waals surface area contributed by atoms with Crippen molar-refractivity contribution in [2.24, 2.45) is 0 Å². The summed E-state index contributed by atoms with van der Waals surface area (Å²) in [7, 11) is 0. The number of benzene rings is 1. The Balaban J connectivity index is 1.89. The van der Waals surface area contributed by atoms with Crippen molar-refractivity contribution in [1.29, 1.82) is 5.26 Å². The van der Waals surface area contributed by atoms with Gasteiger partial charge in [0.15, 0.2) is 0 Å². The van der Waals surface area contributed by atoms with Crippen molar-refractivity contribution in [2.45, 2.75) is 83.6 Å². The fourth-order valence-corrected chi connectivity index (χ4v) is 4.18. The minimum atomic E-state index is -4.57. The van der Waals surface area contributed by atoms with Crippen LogP contribution in [-0.2, 0) is 6.54 Å². The van der Waals surface area contributed by atoms with Crippen molar-refractivity contribution in [3.8, 4) is 6.07 Å².